The predicted octanol–water partition coefficient (Wildman–Crippen LogP) is 0.827. The summed E-state index contributed by atoms with van der Waals surface area (Å²) in [4.78, 5) is 36.8. The van der Waals surface area contributed by atoms with Gasteiger partial charge in [-0.15, -0.1) is 0 Å². The molecule has 1 aromatic heterocycles. The van der Waals surface area contributed by atoms with Gasteiger partial charge in [0.2, 0.25) is 5.91 Å². The minimum Gasteiger partial charge on any atom is -0.326 e. The molecule has 3 rings (SSSR count). The molecule has 7 heteroatoms. The van der Waals surface area contributed by atoms with Crippen LogP contribution in [0.3, 0.4) is 0 Å². The van der Waals surface area contributed by atoms with E-state index < -0.39 is 0 Å². The van der Waals surface area contributed by atoms with Crippen LogP contribution in [-0.4, -0.2) is 39.4 Å². The van der Waals surface area contributed by atoms with Gasteiger partial charge in [-0.25, -0.2) is 0 Å². The van der Waals surface area contributed by atoms with Crippen LogP contribution in [-0.2, 0) is 18.3 Å². The molecule has 0 spiro atoms. The Hall–Kier alpha value is -2.96. The van der Waals surface area contributed by atoms with E-state index in [2.05, 4.69) is 10.4 Å². The summed E-state index contributed by atoms with van der Waals surface area (Å²) in [6, 6.07) is 4.70. The summed E-state index contributed by atoms with van der Waals surface area (Å²) in [7, 11) is 3.21. The van der Waals surface area contributed by atoms with Gasteiger partial charge < -0.3 is 5.32 Å². The van der Waals surface area contributed by atoms with Crippen LogP contribution < -0.4 is 5.32 Å². The molecule has 7 nitrogen and oxygen atoms in total. The van der Waals surface area contributed by atoms with E-state index in [9.17, 15) is 14.4 Å². The molecular weight excluding hydrogens is 284 g/mol. The number of aromatic nitrogens is 2. The number of carbonyl (C=O) groups excluding carboxylic acids is 3. The van der Waals surface area contributed by atoms with Crippen LogP contribution in [0.2, 0.25) is 0 Å². The number of fused-ring (bicyclic) bond motifs is 1. The van der Waals surface area contributed by atoms with E-state index in [4.69, 9.17) is 0 Å². The van der Waals surface area contributed by atoms with Gasteiger partial charge in [0.1, 0.15) is 0 Å². The maximum Gasteiger partial charge on any atom is 0.261 e. The molecule has 1 N–H and O–H groups in total. The number of hydrogen-bond donors (Lipinski definition) is 1. The van der Waals surface area contributed by atoms with Crippen molar-refractivity contribution in [1.82, 2.24) is 14.7 Å². The number of benzene rings is 1. The third kappa shape index (κ3) is 2.37. The largest absolute Gasteiger partial charge is 0.326 e. The lowest BCUT2D eigenvalue weighted by molar-refractivity contribution is -0.115. The molecule has 0 atom stereocenters. The van der Waals surface area contributed by atoms with Crippen LogP contribution >= 0.6 is 0 Å². The molecule has 3 amide bonds. The molecule has 0 bridgehead atoms. The van der Waals surface area contributed by atoms with Gasteiger partial charge in [-0.2, -0.15) is 5.10 Å². The van der Waals surface area contributed by atoms with Crippen LogP contribution in [0.1, 0.15) is 26.3 Å². The number of anilines is 1. The lowest BCUT2D eigenvalue weighted by Gasteiger charge is -2.05. The van der Waals surface area contributed by atoms with Gasteiger partial charge in [0.05, 0.1) is 23.7 Å². The second-order valence-corrected chi connectivity index (χ2v) is 5.18. The highest BCUT2D eigenvalue weighted by Gasteiger charge is 2.32. The summed E-state index contributed by atoms with van der Waals surface area (Å²) < 4.78 is 1.62. The lowest BCUT2D eigenvalue weighted by atomic mass is 10.1. The fourth-order valence-electron chi connectivity index (χ4n) is 2.39. The molecule has 1 aromatic carbocycles. The van der Waals surface area contributed by atoms with Gasteiger partial charge in [-0.05, 0) is 23.8 Å². The second-order valence-electron chi connectivity index (χ2n) is 5.18. The van der Waals surface area contributed by atoms with Crippen molar-refractivity contribution in [2.45, 2.75) is 6.42 Å². The van der Waals surface area contributed by atoms with Crippen molar-refractivity contribution in [3.63, 3.8) is 0 Å². The Kier molecular flexibility index (Phi) is 3.25. The van der Waals surface area contributed by atoms with Crippen molar-refractivity contribution in [2.75, 3.05) is 12.4 Å². The summed E-state index contributed by atoms with van der Waals surface area (Å²) >= 11 is 0. The second kappa shape index (κ2) is 5.10. The summed E-state index contributed by atoms with van der Waals surface area (Å²) in [5.41, 5.74) is 1.96. The Morgan fingerprint density at radius 3 is 2.59 bits per heavy atom. The summed E-state index contributed by atoms with van der Waals surface area (Å²) in [5.74, 6) is -0.894. The highest BCUT2D eigenvalue weighted by atomic mass is 16.2. The van der Waals surface area contributed by atoms with Gasteiger partial charge in [0, 0.05) is 26.0 Å². The molecular formula is C15H14N4O3. The Labute approximate surface area is 126 Å². The first kappa shape index (κ1) is 14.0. The zero-order valence-electron chi connectivity index (χ0n) is 12.2. The van der Waals surface area contributed by atoms with Crippen molar-refractivity contribution in [1.29, 1.82) is 0 Å². The van der Waals surface area contributed by atoms with Gasteiger partial charge in [0.15, 0.2) is 0 Å². The minimum absolute atomic E-state index is 0.192. The number of amides is 3. The fraction of sp³-hybridized carbons (Fsp3) is 0.200. The number of carbonyl (C=O) groups is 3. The molecule has 0 fully saturated rings. The SMILES string of the molecule is CN1C(=O)c2ccc(NC(=O)Cc3cnn(C)c3)cc2C1=O. The fourth-order valence-corrected chi connectivity index (χ4v) is 2.39. The Bertz CT molecular complexity index is 794. The quantitative estimate of drug-likeness (QED) is 0.851. The first-order valence-corrected chi connectivity index (χ1v) is 6.69. The van der Waals surface area contributed by atoms with Crippen LogP contribution in [0.5, 0.6) is 0 Å². The van der Waals surface area contributed by atoms with Gasteiger partial charge in [-0.1, -0.05) is 0 Å². The van der Waals surface area contributed by atoms with Crippen LogP contribution in [0.15, 0.2) is 30.6 Å². The summed E-state index contributed by atoms with van der Waals surface area (Å²) in [6.45, 7) is 0. The van der Waals surface area contributed by atoms with Crippen molar-refractivity contribution >= 4 is 23.4 Å². The Balaban J connectivity index is 1.76. The molecule has 1 aliphatic heterocycles. The molecule has 0 saturated heterocycles. The maximum absolute atomic E-state index is 12.0. The Morgan fingerprint density at radius 1 is 1.18 bits per heavy atom. The average molecular weight is 298 g/mol. The third-order valence-electron chi connectivity index (χ3n) is 3.50. The van der Waals surface area contributed by atoms with Gasteiger partial charge >= 0.3 is 0 Å². The van der Waals surface area contributed by atoms with Crippen molar-refractivity contribution in [3.05, 3.63) is 47.3 Å². The molecule has 112 valence electrons. The maximum atomic E-state index is 12.0. The molecule has 0 aliphatic carbocycles. The topological polar surface area (TPSA) is 84.3 Å². The van der Waals surface area contributed by atoms with Gasteiger partial charge in [0.25, 0.3) is 11.8 Å². The normalized spacial score (nSPS) is 13.5. The Morgan fingerprint density at radius 2 is 1.91 bits per heavy atom. The van der Waals surface area contributed by atoms with Crippen molar-refractivity contribution in [3.8, 4) is 0 Å². The van der Waals surface area contributed by atoms with E-state index in [0.29, 0.717) is 16.8 Å². The minimum atomic E-state index is -0.358. The monoisotopic (exact) mass is 298 g/mol. The number of hydrogen-bond acceptors (Lipinski definition) is 4. The number of imide groups is 1. The predicted molar refractivity (Wildman–Crippen MR) is 78.4 cm³/mol. The summed E-state index contributed by atoms with van der Waals surface area (Å²) in [5, 5.41) is 6.72. The first-order chi connectivity index (χ1) is 10.5. The molecule has 1 aliphatic rings. The van der Waals surface area contributed by atoms with E-state index in [1.54, 1.807) is 36.3 Å². The molecule has 0 radical (unpaired) electrons. The van der Waals surface area contributed by atoms with E-state index in [1.807, 2.05) is 0 Å². The highest BCUT2D eigenvalue weighted by molar-refractivity contribution is 6.21. The smallest absolute Gasteiger partial charge is 0.261 e. The number of rotatable bonds is 3. The van der Waals surface area contributed by atoms with E-state index >= 15 is 0 Å². The highest BCUT2D eigenvalue weighted by Crippen LogP contribution is 2.24. The van der Waals surface area contributed by atoms with Crippen LogP contribution in [0, 0.1) is 0 Å². The lowest BCUT2D eigenvalue weighted by Crippen LogP contribution is -2.24. The number of nitrogens with zero attached hydrogens (tertiary/aromatic N) is 3. The molecule has 0 saturated carbocycles. The van der Waals surface area contributed by atoms with E-state index in [0.717, 1.165) is 10.5 Å². The third-order valence-corrected chi connectivity index (χ3v) is 3.50. The van der Waals surface area contributed by atoms with Gasteiger partial charge in [-0.3, -0.25) is 24.0 Å². The zero-order chi connectivity index (χ0) is 15.9. The van der Waals surface area contributed by atoms with Crippen molar-refractivity contribution in [2.24, 2.45) is 7.05 Å². The van der Waals surface area contributed by atoms with E-state index in [1.165, 1.54) is 13.1 Å². The van der Waals surface area contributed by atoms with Crippen LogP contribution in [0.25, 0.3) is 0 Å². The zero-order valence-corrected chi connectivity index (χ0v) is 12.2. The summed E-state index contributed by atoms with van der Waals surface area (Å²) in [6.07, 6.45) is 3.58. The van der Waals surface area contributed by atoms with Crippen LogP contribution in [0.4, 0.5) is 5.69 Å². The number of nitrogens with one attached hydrogen (secondary N) is 1. The average Bonchev–Trinajstić information content (AvgIpc) is 2.97. The van der Waals surface area contributed by atoms with Crippen molar-refractivity contribution < 1.29 is 14.4 Å². The number of aryl methyl sites for hydroxylation is 1. The molecule has 2 aromatic rings. The first-order valence-electron chi connectivity index (χ1n) is 6.69. The molecule has 22 heavy (non-hydrogen) atoms. The standard InChI is InChI=1S/C15H14N4O3/c1-18-8-9(7-16-18)5-13(20)17-10-3-4-11-12(6-10)15(22)19(2)14(11)21/h3-4,6-8H,5H2,1-2H3,(H,17,20). The molecule has 2 heterocycles. The van der Waals surface area contributed by atoms with E-state index in [-0.39, 0.29) is 24.1 Å². The molecule has 0 unspecified atom stereocenters.